The fourth-order valence-electron chi connectivity index (χ4n) is 2.93. The third-order valence-electron chi connectivity index (χ3n) is 3.97. The monoisotopic (exact) mass is 294 g/mol. The van der Waals surface area contributed by atoms with Crippen LogP contribution in [0.25, 0.3) is 0 Å². The van der Waals surface area contributed by atoms with Crippen molar-refractivity contribution in [1.82, 2.24) is 0 Å². The van der Waals surface area contributed by atoms with Gasteiger partial charge in [0.05, 0.1) is 0 Å². The van der Waals surface area contributed by atoms with E-state index in [2.05, 4.69) is 47.1 Å². The van der Waals surface area contributed by atoms with Crippen molar-refractivity contribution < 1.29 is 0 Å². The van der Waals surface area contributed by atoms with E-state index in [9.17, 15) is 0 Å². The molecule has 94 valence electrons. The smallest absolute Gasteiger partial charge is 0.0426 e. The molecule has 1 aromatic rings. The van der Waals surface area contributed by atoms with E-state index in [-0.39, 0.29) is 0 Å². The van der Waals surface area contributed by atoms with Gasteiger partial charge in [0.25, 0.3) is 0 Å². The Hall–Kier alpha value is -0.300. The lowest BCUT2D eigenvalue weighted by molar-refractivity contribution is 0.422. The lowest BCUT2D eigenvalue weighted by Crippen LogP contribution is -2.06. The molecule has 0 bridgehead atoms. The third kappa shape index (κ3) is 3.34. The van der Waals surface area contributed by atoms with E-state index >= 15 is 0 Å². The Labute approximate surface area is 114 Å². The second kappa shape index (κ2) is 6.58. The molecule has 0 saturated heterocycles. The zero-order valence-corrected chi connectivity index (χ0v) is 12.4. The van der Waals surface area contributed by atoms with Crippen molar-refractivity contribution in [3.8, 4) is 0 Å². The highest BCUT2D eigenvalue weighted by molar-refractivity contribution is 9.09. The highest BCUT2D eigenvalue weighted by Gasteiger charge is 2.24. The van der Waals surface area contributed by atoms with Gasteiger partial charge in [-0.05, 0) is 42.7 Å². The Morgan fingerprint density at radius 2 is 2.06 bits per heavy atom. The molecule has 2 atom stereocenters. The van der Waals surface area contributed by atoms with E-state index in [0.717, 1.165) is 5.92 Å². The Bertz CT molecular complexity index is 345. The molecule has 17 heavy (non-hydrogen) atoms. The SMILES string of the molecule is CCCCCC1CCCc2ccccc2C1Br. The quantitative estimate of drug-likeness (QED) is 0.382. The number of fused-ring (bicyclic) bond motifs is 1. The fraction of sp³-hybridized carbons (Fsp3) is 0.625. The van der Waals surface area contributed by atoms with Gasteiger partial charge in [-0.25, -0.2) is 0 Å². The molecule has 0 saturated carbocycles. The summed E-state index contributed by atoms with van der Waals surface area (Å²) < 4.78 is 0. The first kappa shape index (κ1) is 13.1. The minimum Gasteiger partial charge on any atom is -0.0836 e. The average Bonchev–Trinajstić information content (AvgIpc) is 2.51. The molecular weight excluding hydrogens is 272 g/mol. The third-order valence-corrected chi connectivity index (χ3v) is 5.21. The zero-order chi connectivity index (χ0) is 12.1. The highest BCUT2D eigenvalue weighted by Crippen LogP contribution is 2.41. The van der Waals surface area contributed by atoms with Gasteiger partial charge in [-0.15, -0.1) is 0 Å². The molecule has 0 amide bonds. The van der Waals surface area contributed by atoms with Gasteiger partial charge in [0.2, 0.25) is 0 Å². The Morgan fingerprint density at radius 3 is 2.88 bits per heavy atom. The molecular formula is C16H23Br. The van der Waals surface area contributed by atoms with Crippen LogP contribution in [0.2, 0.25) is 0 Å². The van der Waals surface area contributed by atoms with Crippen LogP contribution < -0.4 is 0 Å². The van der Waals surface area contributed by atoms with E-state index in [0.29, 0.717) is 4.83 Å². The summed E-state index contributed by atoms with van der Waals surface area (Å²) in [5, 5.41) is 0. The van der Waals surface area contributed by atoms with Crippen LogP contribution in [0.3, 0.4) is 0 Å². The van der Waals surface area contributed by atoms with Gasteiger partial charge in [-0.2, -0.15) is 0 Å². The number of benzene rings is 1. The van der Waals surface area contributed by atoms with Crippen molar-refractivity contribution in [3.63, 3.8) is 0 Å². The topological polar surface area (TPSA) is 0 Å². The molecule has 0 heterocycles. The van der Waals surface area contributed by atoms with Crippen LogP contribution in [-0.2, 0) is 6.42 Å². The minimum atomic E-state index is 0.582. The number of alkyl halides is 1. The average molecular weight is 295 g/mol. The number of unbranched alkanes of at least 4 members (excludes halogenated alkanes) is 2. The first-order chi connectivity index (χ1) is 8.33. The Balaban J connectivity index is 2.06. The van der Waals surface area contributed by atoms with E-state index < -0.39 is 0 Å². The summed E-state index contributed by atoms with van der Waals surface area (Å²) in [6.07, 6.45) is 9.50. The molecule has 0 nitrogen and oxygen atoms in total. The molecule has 1 aromatic carbocycles. The molecule has 0 aromatic heterocycles. The summed E-state index contributed by atoms with van der Waals surface area (Å²) in [6, 6.07) is 8.97. The Kier molecular flexibility index (Phi) is 5.09. The van der Waals surface area contributed by atoms with Crippen LogP contribution in [0.15, 0.2) is 24.3 Å². The number of hydrogen-bond donors (Lipinski definition) is 0. The van der Waals surface area contributed by atoms with Crippen molar-refractivity contribution in [3.05, 3.63) is 35.4 Å². The Morgan fingerprint density at radius 1 is 1.24 bits per heavy atom. The maximum absolute atomic E-state index is 3.96. The maximum Gasteiger partial charge on any atom is 0.0426 e. The summed E-state index contributed by atoms with van der Waals surface area (Å²) in [7, 11) is 0. The zero-order valence-electron chi connectivity index (χ0n) is 10.8. The van der Waals surface area contributed by atoms with Gasteiger partial charge >= 0.3 is 0 Å². The van der Waals surface area contributed by atoms with Gasteiger partial charge in [-0.1, -0.05) is 66.4 Å². The maximum atomic E-state index is 3.96. The minimum absolute atomic E-state index is 0.582. The number of aryl methyl sites for hydroxylation is 1. The van der Waals surface area contributed by atoms with Gasteiger partial charge < -0.3 is 0 Å². The van der Waals surface area contributed by atoms with Crippen LogP contribution in [0.4, 0.5) is 0 Å². The predicted molar refractivity (Wildman–Crippen MR) is 78.7 cm³/mol. The lowest BCUT2D eigenvalue weighted by atomic mass is 9.91. The summed E-state index contributed by atoms with van der Waals surface area (Å²) in [5.41, 5.74) is 3.11. The first-order valence-electron chi connectivity index (χ1n) is 7.04. The van der Waals surface area contributed by atoms with Crippen LogP contribution in [0, 0.1) is 5.92 Å². The van der Waals surface area contributed by atoms with E-state index in [1.807, 2.05) is 0 Å². The van der Waals surface area contributed by atoms with Gasteiger partial charge in [0.1, 0.15) is 0 Å². The number of halogens is 1. The molecule has 2 unspecified atom stereocenters. The molecule has 0 spiro atoms. The van der Waals surface area contributed by atoms with Gasteiger partial charge in [0, 0.05) is 4.83 Å². The summed E-state index contributed by atoms with van der Waals surface area (Å²) in [5.74, 6) is 0.838. The second-order valence-electron chi connectivity index (χ2n) is 5.25. The molecule has 0 aliphatic heterocycles. The van der Waals surface area contributed by atoms with E-state index in [4.69, 9.17) is 0 Å². The normalized spacial score (nSPS) is 24.1. The molecule has 1 aliphatic rings. The molecule has 1 heteroatoms. The largest absolute Gasteiger partial charge is 0.0836 e. The summed E-state index contributed by atoms with van der Waals surface area (Å²) in [6.45, 7) is 2.29. The molecule has 2 rings (SSSR count). The second-order valence-corrected chi connectivity index (χ2v) is 6.24. The highest BCUT2D eigenvalue weighted by atomic mass is 79.9. The summed E-state index contributed by atoms with van der Waals surface area (Å²) >= 11 is 3.96. The van der Waals surface area contributed by atoms with Crippen molar-refractivity contribution >= 4 is 15.9 Å². The lowest BCUT2D eigenvalue weighted by Gasteiger charge is -2.21. The van der Waals surface area contributed by atoms with Crippen molar-refractivity contribution in [2.75, 3.05) is 0 Å². The van der Waals surface area contributed by atoms with Crippen molar-refractivity contribution in [1.29, 1.82) is 0 Å². The molecule has 0 radical (unpaired) electrons. The van der Waals surface area contributed by atoms with Crippen molar-refractivity contribution in [2.24, 2.45) is 5.92 Å². The number of rotatable bonds is 4. The van der Waals surface area contributed by atoms with Gasteiger partial charge in [0.15, 0.2) is 0 Å². The van der Waals surface area contributed by atoms with Crippen LogP contribution in [0.5, 0.6) is 0 Å². The molecule has 0 N–H and O–H groups in total. The summed E-state index contributed by atoms with van der Waals surface area (Å²) in [4.78, 5) is 0.582. The van der Waals surface area contributed by atoms with Crippen LogP contribution >= 0.6 is 15.9 Å². The van der Waals surface area contributed by atoms with E-state index in [1.54, 1.807) is 11.1 Å². The standard InChI is InChI=1S/C16H23Br/c1-2-3-4-9-14-11-7-10-13-8-5-6-12-15(13)16(14)17/h5-6,8,12,14,16H,2-4,7,9-11H2,1H3. The van der Waals surface area contributed by atoms with Crippen LogP contribution in [0.1, 0.15) is 61.4 Å². The van der Waals surface area contributed by atoms with Crippen LogP contribution in [-0.4, -0.2) is 0 Å². The number of hydrogen-bond acceptors (Lipinski definition) is 0. The molecule has 1 aliphatic carbocycles. The van der Waals surface area contributed by atoms with Crippen molar-refractivity contribution in [2.45, 2.75) is 56.7 Å². The predicted octanol–water partition coefficient (Wildman–Crippen LogP) is 5.66. The first-order valence-corrected chi connectivity index (χ1v) is 7.96. The van der Waals surface area contributed by atoms with Gasteiger partial charge in [-0.3, -0.25) is 0 Å². The fourth-order valence-corrected chi connectivity index (χ4v) is 3.91. The van der Waals surface area contributed by atoms with E-state index in [1.165, 1.54) is 44.9 Å². The molecule has 0 fully saturated rings.